The molecule has 1 N–H and O–H groups in total. The Morgan fingerprint density at radius 2 is 1.68 bits per heavy atom. The summed E-state index contributed by atoms with van der Waals surface area (Å²) in [5.41, 5.74) is 3.21. The van der Waals surface area contributed by atoms with E-state index in [1.165, 1.54) is 0 Å². The van der Waals surface area contributed by atoms with Gasteiger partial charge in [-0.25, -0.2) is 0 Å². The van der Waals surface area contributed by atoms with E-state index in [4.69, 9.17) is 33.3 Å². The number of carbonyl (C=O) groups is 2. The van der Waals surface area contributed by atoms with E-state index in [1.54, 1.807) is 57.5 Å². The Balaban J connectivity index is 1.44. The smallest absolute Gasteiger partial charge is 0.260 e. The standard InChI is InChI=1S/C28H28Cl2N4O3/c1-19-7-13-22(14-8-19)37-18-26(36)32(2)15-4-16-33-27-23(30)5-3-6-24(27)34(28(33)31)17-25(35)20-9-11-21(29)12-10-20/h3,5-14,31H,4,15-18H2,1-2H3. The van der Waals surface area contributed by atoms with Crippen LogP contribution < -0.4 is 10.4 Å². The molecule has 0 aliphatic rings. The van der Waals surface area contributed by atoms with Crippen LogP contribution >= 0.6 is 23.2 Å². The van der Waals surface area contributed by atoms with Crippen molar-refractivity contribution in [2.24, 2.45) is 0 Å². The van der Waals surface area contributed by atoms with Crippen LogP contribution in [0.2, 0.25) is 10.0 Å². The van der Waals surface area contributed by atoms with Crippen LogP contribution in [0.4, 0.5) is 0 Å². The normalized spacial score (nSPS) is 11.0. The maximum Gasteiger partial charge on any atom is 0.260 e. The monoisotopic (exact) mass is 538 g/mol. The molecule has 0 fully saturated rings. The second-order valence-electron chi connectivity index (χ2n) is 8.87. The Morgan fingerprint density at radius 1 is 0.973 bits per heavy atom. The summed E-state index contributed by atoms with van der Waals surface area (Å²) in [6.45, 7) is 2.87. The molecule has 0 atom stereocenters. The van der Waals surface area contributed by atoms with Gasteiger partial charge in [-0.15, -0.1) is 0 Å². The van der Waals surface area contributed by atoms with Crippen molar-refractivity contribution in [2.75, 3.05) is 20.2 Å². The van der Waals surface area contributed by atoms with Gasteiger partial charge in [-0.1, -0.05) is 47.0 Å². The number of nitrogens with one attached hydrogen (secondary N) is 1. The molecule has 192 valence electrons. The number of para-hydroxylation sites is 1. The largest absolute Gasteiger partial charge is 0.484 e. The number of carbonyl (C=O) groups excluding carboxylic acids is 2. The first-order chi connectivity index (χ1) is 17.7. The molecule has 0 saturated carbocycles. The number of imidazole rings is 1. The number of ketones is 1. The molecule has 1 aromatic heterocycles. The molecule has 0 bridgehead atoms. The predicted molar refractivity (Wildman–Crippen MR) is 146 cm³/mol. The van der Waals surface area contributed by atoms with Crippen LogP contribution in [0.25, 0.3) is 11.0 Å². The van der Waals surface area contributed by atoms with Gasteiger partial charge in [0.05, 0.1) is 22.6 Å². The van der Waals surface area contributed by atoms with Gasteiger partial charge in [0.2, 0.25) is 5.62 Å². The number of fused-ring (bicyclic) bond motifs is 1. The van der Waals surface area contributed by atoms with E-state index in [0.717, 1.165) is 5.56 Å². The van der Waals surface area contributed by atoms with E-state index < -0.39 is 0 Å². The lowest BCUT2D eigenvalue weighted by Gasteiger charge is -2.18. The number of Topliss-reactive ketones (excluding diaryl/α,β-unsaturated/α-hetero) is 1. The predicted octanol–water partition coefficient (Wildman–Crippen LogP) is 5.35. The third-order valence-corrected chi connectivity index (χ3v) is 6.75. The Kier molecular flexibility index (Phi) is 8.36. The summed E-state index contributed by atoms with van der Waals surface area (Å²) in [7, 11) is 1.73. The minimum Gasteiger partial charge on any atom is -0.484 e. The number of ether oxygens (including phenoxy) is 1. The van der Waals surface area contributed by atoms with E-state index in [9.17, 15) is 9.59 Å². The fraction of sp³-hybridized carbons (Fsp3) is 0.250. The first-order valence-electron chi connectivity index (χ1n) is 11.9. The molecule has 4 aromatic rings. The molecule has 0 saturated heterocycles. The van der Waals surface area contributed by atoms with Crippen molar-refractivity contribution >= 4 is 45.9 Å². The molecule has 4 rings (SSSR count). The number of aromatic nitrogens is 2. The number of hydrogen-bond acceptors (Lipinski definition) is 4. The zero-order valence-corrected chi connectivity index (χ0v) is 22.2. The van der Waals surface area contributed by atoms with Crippen LogP contribution in [0.15, 0.2) is 66.7 Å². The van der Waals surface area contributed by atoms with Crippen molar-refractivity contribution in [1.29, 1.82) is 5.41 Å². The highest BCUT2D eigenvalue weighted by molar-refractivity contribution is 6.35. The van der Waals surface area contributed by atoms with Crippen molar-refractivity contribution < 1.29 is 14.3 Å². The molecule has 3 aromatic carbocycles. The van der Waals surface area contributed by atoms with Crippen molar-refractivity contribution in [3.05, 3.63) is 93.5 Å². The molecular weight excluding hydrogens is 511 g/mol. The van der Waals surface area contributed by atoms with Gasteiger partial charge < -0.3 is 18.8 Å². The highest BCUT2D eigenvalue weighted by Gasteiger charge is 2.17. The van der Waals surface area contributed by atoms with Crippen molar-refractivity contribution in [2.45, 2.75) is 26.4 Å². The lowest BCUT2D eigenvalue weighted by molar-refractivity contribution is -0.132. The number of benzene rings is 3. The molecule has 1 amide bonds. The van der Waals surface area contributed by atoms with Crippen molar-refractivity contribution in [3.8, 4) is 5.75 Å². The Bertz CT molecular complexity index is 1470. The van der Waals surface area contributed by atoms with Crippen LogP contribution in [0.1, 0.15) is 22.3 Å². The molecule has 0 aliphatic carbocycles. The zero-order valence-electron chi connectivity index (χ0n) is 20.7. The van der Waals surface area contributed by atoms with E-state index in [-0.39, 0.29) is 30.5 Å². The number of amides is 1. The van der Waals surface area contributed by atoms with E-state index in [2.05, 4.69) is 0 Å². The summed E-state index contributed by atoms with van der Waals surface area (Å²) in [4.78, 5) is 27.1. The lowest BCUT2D eigenvalue weighted by Crippen LogP contribution is -2.33. The molecule has 9 heteroatoms. The summed E-state index contributed by atoms with van der Waals surface area (Å²) in [6, 6.07) is 19.7. The fourth-order valence-electron chi connectivity index (χ4n) is 4.08. The molecule has 1 heterocycles. The Morgan fingerprint density at radius 3 is 2.38 bits per heavy atom. The molecule has 37 heavy (non-hydrogen) atoms. The molecule has 0 aliphatic heterocycles. The SMILES string of the molecule is Cc1ccc(OCC(=O)N(C)CCCn2c(=N)n(CC(=O)c3ccc(Cl)cc3)c3cccc(Cl)c32)cc1. The molecular formula is C28H28Cl2N4O3. The minimum atomic E-state index is -0.134. The van der Waals surface area contributed by atoms with E-state index in [0.29, 0.717) is 51.9 Å². The maximum absolute atomic E-state index is 12.9. The maximum atomic E-state index is 12.9. The number of rotatable bonds is 10. The average molecular weight is 539 g/mol. The zero-order chi connectivity index (χ0) is 26.5. The molecule has 7 nitrogen and oxygen atoms in total. The summed E-state index contributed by atoms with van der Waals surface area (Å²) < 4.78 is 9.04. The first kappa shape index (κ1) is 26.5. The van der Waals surface area contributed by atoms with E-state index in [1.807, 2.05) is 37.3 Å². The Hall–Kier alpha value is -3.55. The van der Waals surface area contributed by atoms with Crippen LogP contribution in [0, 0.1) is 12.3 Å². The number of halogens is 2. The van der Waals surface area contributed by atoms with Gasteiger partial charge in [-0.2, -0.15) is 0 Å². The fourth-order valence-corrected chi connectivity index (χ4v) is 4.48. The Labute approximate surface area is 225 Å². The van der Waals surface area contributed by atoms with Gasteiger partial charge in [-0.05, 0) is 61.9 Å². The van der Waals surface area contributed by atoms with Gasteiger partial charge in [-0.3, -0.25) is 15.0 Å². The lowest BCUT2D eigenvalue weighted by atomic mass is 10.1. The number of hydrogen-bond donors (Lipinski definition) is 1. The third-order valence-electron chi connectivity index (χ3n) is 6.19. The first-order valence-corrected chi connectivity index (χ1v) is 12.6. The van der Waals surface area contributed by atoms with Crippen LogP contribution in [-0.2, 0) is 17.9 Å². The van der Waals surface area contributed by atoms with Gasteiger partial charge in [0.25, 0.3) is 5.91 Å². The van der Waals surface area contributed by atoms with Gasteiger partial charge >= 0.3 is 0 Å². The second kappa shape index (κ2) is 11.7. The highest BCUT2D eigenvalue weighted by atomic mass is 35.5. The summed E-state index contributed by atoms with van der Waals surface area (Å²) in [5.74, 6) is 0.385. The van der Waals surface area contributed by atoms with Crippen LogP contribution in [-0.4, -0.2) is 45.9 Å². The number of likely N-dealkylation sites (N-methyl/N-ethyl adjacent to an activating group) is 1. The quantitative estimate of drug-likeness (QED) is 0.276. The van der Waals surface area contributed by atoms with Gasteiger partial charge in [0, 0.05) is 30.7 Å². The van der Waals surface area contributed by atoms with Crippen molar-refractivity contribution in [1.82, 2.24) is 14.0 Å². The van der Waals surface area contributed by atoms with Crippen molar-refractivity contribution in [3.63, 3.8) is 0 Å². The summed E-state index contributed by atoms with van der Waals surface area (Å²) in [6.07, 6.45) is 0.596. The van der Waals surface area contributed by atoms with Crippen LogP contribution in [0.3, 0.4) is 0 Å². The number of aryl methyl sites for hydroxylation is 2. The third kappa shape index (κ3) is 6.24. The molecule has 0 radical (unpaired) electrons. The van der Waals surface area contributed by atoms with Gasteiger partial charge in [0.15, 0.2) is 12.4 Å². The summed E-state index contributed by atoms with van der Waals surface area (Å²) in [5, 5.41) is 9.86. The summed E-state index contributed by atoms with van der Waals surface area (Å²) >= 11 is 12.5. The topological polar surface area (TPSA) is 80.3 Å². The second-order valence-corrected chi connectivity index (χ2v) is 9.71. The van der Waals surface area contributed by atoms with Crippen LogP contribution in [0.5, 0.6) is 5.75 Å². The van der Waals surface area contributed by atoms with Gasteiger partial charge in [0.1, 0.15) is 5.75 Å². The highest BCUT2D eigenvalue weighted by Crippen LogP contribution is 2.23. The number of nitrogens with zero attached hydrogens (tertiary/aromatic N) is 3. The molecule has 0 spiro atoms. The average Bonchev–Trinajstić information content (AvgIpc) is 3.15. The molecule has 0 unspecified atom stereocenters. The van der Waals surface area contributed by atoms with E-state index >= 15 is 0 Å². The minimum absolute atomic E-state index is 0.000946.